The number of hydrogen-bond donors (Lipinski definition) is 6. The molecule has 52 heavy (non-hydrogen) atoms. The average molecular weight is 713 g/mol. The summed E-state index contributed by atoms with van der Waals surface area (Å²) in [5, 5.41) is 24.4. The minimum atomic E-state index is -1.16. The van der Waals surface area contributed by atoms with Gasteiger partial charge in [0, 0.05) is 31.3 Å². The topological polar surface area (TPSA) is 175 Å². The molecule has 12 heteroatoms. The number of rotatable bonds is 19. The molecule has 6 N–H and O–H groups in total. The first kappa shape index (κ1) is 39.6. The van der Waals surface area contributed by atoms with Gasteiger partial charge >= 0.3 is 6.09 Å². The van der Waals surface area contributed by atoms with Crippen LogP contribution < -0.4 is 21.3 Å². The fourth-order valence-electron chi connectivity index (χ4n) is 5.84. The highest BCUT2D eigenvalue weighted by Gasteiger charge is 2.32. The van der Waals surface area contributed by atoms with Crippen molar-refractivity contribution in [1.29, 1.82) is 0 Å². The van der Waals surface area contributed by atoms with Crippen molar-refractivity contribution in [2.45, 2.75) is 90.6 Å². The quantitative estimate of drug-likeness (QED) is 0.0826. The molecular formula is C40H52N6O6. The third-order valence-corrected chi connectivity index (χ3v) is 8.99. The number of carbonyl (C=O) groups excluding carboxylic acids is 4. The van der Waals surface area contributed by atoms with Gasteiger partial charge in [-0.1, -0.05) is 107 Å². The first-order valence-electron chi connectivity index (χ1n) is 18.0. The van der Waals surface area contributed by atoms with Crippen molar-refractivity contribution < 1.29 is 29.0 Å². The number of imidazole rings is 1. The number of H-pyrrole nitrogens is 1. The van der Waals surface area contributed by atoms with E-state index in [1.54, 1.807) is 6.20 Å². The molecule has 0 saturated heterocycles. The van der Waals surface area contributed by atoms with Crippen molar-refractivity contribution in [2.24, 2.45) is 11.8 Å². The van der Waals surface area contributed by atoms with Gasteiger partial charge in [0.15, 0.2) is 0 Å². The lowest BCUT2D eigenvalue weighted by molar-refractivity contribution is -0.131. The second kappa shape index (κ2) is 20.0. The SMILES string of the molecule is CCC(C)CNC(=O)C[C@H](O)[C@H](CC(C)C)NC(=O)[C@@H](Cc1cnc[nH]1)NC(=O)[C@H](Cc1cccc2ccccc12)NC(=O)OCc1ccccc1. The van der Waals surface area contributed by atoms with Crippen molar-refractivity contribution in [3.63, 3.8) is 0 Å². The van der Waals surface area contributed by atoms with Gasteiger partial charge in [0.05, 0.1) is 24.9 Å². The standard InChI is InChI=1S/C40H52N6O6/c1-5-27(4)22-42-37(48)21-36(47)33(18-26(2)3)44-39(50)35(20-31-23-41-25-43-31)45-38(49)34(46-40(51)52-24-28-12-7-6-8-13-28)19-30-16-11-15-29-14-9-10-17-32(29)30/h6-17,23,25-27,33-36,47H,5,18-22,24H2,1-4H3,(H,41,43)(H,42,48)(H,44,50)(H,45,49)(H,46,51)/t27?,33-,34-,35+,36-/m0/s1. The molecule has 1 aromatic heterocycles. The van der Waals surface area contributed by atoms with Crippen LogP contribution in [0.25, 0.3) is 10.8 Å². The summed E-state index contributed by atoms with van der Waals surface area (Å²) < 4.78 is 5.47. The molecule has 0 fully saturated rings. The van der Waals surface area contributed by atoms with Crippen LogP contribution in [0.3, 0.4) is 0 Å². The zero-order valence-corrected chi connectivity index (χ0v) is 30.4. The molecule has 1 heterocycles. The third kappa shape index (κ3) is 12.5. The Morgan fingerprint density at radius 2 is 1.54 bits per heavy atom. The highest BCUT2D eigenvalue weighted by molar-refractivity contribution is 5.93. The van der Waals surface area contributed by atoms with Crippen molar-refractivity contribution in [3.05, 3.63) is 102 Å². The first-order valence-corrected chi connectivity index (χ1v) is 18.0. The lowest BCUT2D eigenvalue weighted by Crippen LogP contribution is -2.57. The zero-order valence-electron chi connectivity index (χ0n) is 30.4. The molecule has 0 aliphatic heterocycles. The van der Waals surface area contributed by atoms with E-state index in [1.807, 2.05) is 100 Å². The molecular weight excluding hydrogens is 660 g/mol. The molecule has 4 amide bonds. The lowest BCUT2D eigenvalue weighted by atomic mass is 9.96. The van der Waals surface area contributed by atoms with E-state index in [-0.39, 0.29) is 37.7 Å². The Bertz CT molecular complexity index is 1730. The number of ether oxygens (including phenoxy) is 1. The minimum Gasteiger partial charge on any atom is -0.445 e. The van der Waals surface area contributed by atoms with Crippen molar-refractivity contribution in [3.8, 4) is 0 Å². The van der Waals surface area contributed by atoms with Crippen LogP contribution in [0.15, 0.2) is 85.3 Å². The molecule has 3 aromatic carbocycles. The van der Waals surface area contributed by atoms with Crippen LogP contribution in [0.2, 0.25) is 0 Å². The normalized spacial score (nSPS) is 14.1. The lowest BCUT2D eigenvalue weighted by Gasteiger charge is -2.29. The summed E-state index contributed by atoms with van der Waals surface area (Å²) >= 11 is 0. The Morgan fingerprint density at radius 1 is 0.846 bits per heavy atom. The second-order valence-electron chi connectivity index (χ2n) is 13.8. The monoisotopic (exact) mass is 712 g/mol. The van der Waals surface area contributed by atoms with Gasteiger partial charge in [0.1, 0.15) is 18.7 Å². The van der Waals surface area contributed by atoms with Crippen LogP contribution in [0.4, 0.5) is 4.79 Å². The van der Waals surface area contributed by atoms with E-state index in [0.29, 0.717) is 24.6 Å². The van der Waals surface area contributed by atoms with E-state index in [2.05, 4.69) is 31.2 Å². The zero-order chi connectivity index (χ0) is 37.5. The van der Waals surface area contributed by atoms with Gasteiger partial charge in [0.25, 0.3) is 0 Å². The Labute approximate surface area is 305 Å². The first-order chi connectivity index (χ1) is 25.0. The number of nitrogens with zero attached hydrogens (tertiary/aromatic N) is 1. The average Bonchev–Trinajstić information content (AvgIpc) is 3.65. The van der Waals surface area contributed by atoms with E-state index >= 15 is 0 Å². The van der Waals surface area contributed by atoms with Crippen LogP contribution in [-0.2, 0) is 38.6 Å². The Balaban J connectivity index is 1.54. The van der Waals surface area contributed by atoms with E-state index in [9.17, 15) is 24.3 Å². The van der Waals surface area contributed by atoms with Crippen LogP contribution in [0.1, 0.15) is 63.8 Å². The van der Waals surface area contributed by atoms with Crippen LogP contribution in [-0.4, -0.2) is 69.7 Å². The molecule has 4 aromatic rings. The smallest absolute Gasteiger partial charge is 0.408 e. The molecule has 12 nitrogen and oxygen atoms in total. The van der Waals surface area contributed by atoms with Gasteiger partial charge in [-0.15, -0.1) is 0 Å². The highest BCUT2D eigenvalue weighted by Crippen LogP contribution is 2.20. The van der Waals surface area contributed by atoms with E-state index in [0.717, 1.165) is 28.3 Å². The maximum atomic E-state index is 14.1. The predicted octanol–water partition coefficient (Wildman–Crippen LogP) is 4.57. The number of aromatic nitrogens is 2. The minimum absolute atomic E-state index is 0.00928. The fourth-order valence-corrected chi connectivity index (χ4v) is 5.84. The maximum absolute atomic E-state index is 14.1. The number of alkyl carbamates (subject to hydrolysis) is 1. The van der Waals surface area contributed by atoms with Gasteiger partial charge in [0.2, 0.25) is 17.7 Å². The number of carbonyl (C=O) groups is 4. The van der Waals surface area contributed by atoms with E-state index in [4.69, 9.17) is 4.74 Å². The molecule has 278 valence electrons. The third-order valence-electron chi connectivity index (χ3n) is 8.99. The molecule has 5 atom stereocenters. The Hall–Kier alpha value is -5.23. The maximum Gasteiger partial charge on any atom is 0.408 e. The van der Waals surface area contributed by atoms with Crippen LogP contribution >= 0.6 is 0 Å². The molecule has 4 rings (SSSR count). The summed E-state index contributed by atoms with van der Waals surface area (Å²) in [5.74, 6) is -1.08. The van der Waals surface area contributed by atoms with Gasteiger partial charge < -0.3 is 36.1 Å². The molecule has 0 bridgehead atoms. The van der Waals surface area contributed by atoms with Gasteiger partial charge in [-0.2, -0.15) is 0 Å². The number of hydrogen-bond acceptors (Lipinski definition) is 7. The summed E-state index contributed by atoms with van der Waals surface area (Å²) in [6, 6.07) is 19.7. The van der Waals surface area contributed by atoms with Crippen LogP contribution in [0.5, 0.6) is 0 Å². The Kier molecular flexibility index (Phi) is 15.2. The number of amides is 4. The summed E-state index contributed by atoms with van der Waals surface area (Å²) in [5.41, 5.74) is 2.20. The number of aliphatic hydroxyl groups is 1. The summed E-state index contributed by atoms with van der Waals surface area (Å²) in [6.07, 6.45) is 2.37. The summed E-state index contributed by atoms with van der Waals surface area (Å²) in [4.78, 5) is 60.9. The largest absolute Gasteiger partial charge is 0.445 e. The number of aliphatic hydroxyl groups excluding tert-OH is 1. The summed E-state index contributed by atoms with van der Waals surface area (Å²) in [6.45, 7) is 8.49. The number of benzene rings is 3. The van der Waals surface area contributed by atoms with Crippen molar-refractivity contribution in [1.82, 2.24) is 31.2 Å². The van der Waals surface area contributed by atoms with Crippen molar-refractivity contribution >= 4 is 34.6 Å². The molecule has 0 aliphatic rings. The molecule has 1 unspecified atom stereocenters. The summed E-state index contributed by atoms with van der Waals surface area (Å²) in [7, 11) is 0. The molecule has 0 radical (unpaired) electrons. The predicted molar refractivity (Wildman–Crippen MR) is 200 cm³/mol. The van der Waals surface area contributed by atoms with Crippen molar-refractivity contribution in [2.75, 3.05) is 6.54 Å². The van der Waals surface area contributed by atoms with Gasteiger partial charge in [-0.3, -0.25) is 14.4 Å². The molecule has 0 spiro atoms. The number of fused-ring (bicyclic) bond motifs is 1. The number of nitrogens with one attached hydrogen (secondary N) is 5. The fraction of sp³-hybridized carbons (Fsp3) is 0.425. The second-order valence-corrected chi connectivity index (χ2v) is 13.8. The molecule has 0 saturated carbocycles. The Morgan fingerprint density at radius 3 is 2.25 bits per heavy atom. The highest BCUT2D eigenvalue weighted by atomic mass is 16.5. The molecule has 0 aliphatic carbocycles. The van der Waals surface area contributed by atoms with E-state index in [1.165, 1.54) is 6.33 Å². The number of aromatic amines is 1. The van der Waals surface area contributed by atoms with Gasteiger partial charge in [-0.05, 0) is 40.2 Å². The van der Waals surface area contributed by atoms with Crippen LogP contribution in [0, 0.1) is 11.8 Å². The van der Waals surface area contributed by atoms with Gasteiger partial charge in [-0.25, -0.2) is 9.78 Å². The van der Waals surface area contributed by atoms with E-state index < -0.39 is 42.1 Å².